The Hall–Kier alpha value is -4.81. The molecule has 4 aromatic rings. The highest BCUT2D eigenvalue weighted by Gasteiger charge is 2.21. The van der Waals surface area contributed by atoms with Crippen LogP contribution < -0.4 is 14.2 Å². The lowest BCUT2D eigenvalue weighted by molar-refractivity contribution is -0.137. The molecule has 7 heteroatoms. The lowest BCUT2D eigenvalue weighted by Crippen LogP contribution is -2.20. The van der Waals surface area contributed by atoms with Gasteiger partial charge in [0, 0.05) is 6.07 Å². The summed E-state index contributed by atoms with van der Waals surface area (Å²) in [5.74, 6) is 0.118. The number of carbonyl (C=O) groups excluding carboxylic acids is 2. The molecular weight excluding hydrogens is 540 g/mol. The van der Waals surface area contributed by atoms with Crippen LogP contribution in [0.3, 0.4) is 0 Å². The van der Waals surface area contributed by atoms with Crippen LogP contribution in [0.2, 0.25) is 5.02 Å². The van der Waals surface area contributed by atoms with E-state index in [-0.39, 0.29) is 16.5 Å². The van der Waals surface area contributed by atoms with Gasteiger partial charge in [0.05, 0.1) is 16.5 Å². The maximum absolute atomic E-state index is 12.8. The van der Waals surface area contributed by atoms with E-state index in [0.29, 0.717) is 36.7 Å². The van der Waals surface area contributed by atoms with Crippen LogP contribution in [0.4, 0.5) is 0 Å². The molecule has 0 N–H and O–H groups in total. The van der Waals surface area contributed by atoms with Gasteiger partial charge >= 0.3 is 11.9 Å². The summed E-state index contributed by atoms with van der Waals surface area (Å²) in [6.45, 7) is 0.868. The number of rotatable bonds is 10. The van der Waals surface area contributed by atoms with Gasteiger partial charge in [-0.2, -0.15) is 0 Å². The zero-order chi connectivity index (χ0) is 28.4. The van der Waals surface area contributed by atoms with Crippen LogP contribution in [-0.2, 0) is 22.7 Å². The van der Waals surface area contributed by atoms with Gasteiger partial charge in [0.15, 0.2) is 5.75 Å². The minimum atomic E-state index is -0.603. The molecule has 206 valence electrons. The summed E-state index contributed by atoms with van der Waals surface area (Å²) in [6.07, 6.45) is 5.83. The Morgan fingerprint density at radius 2 is 1.37 bits per heavy atom. The Morgan fingerprint density at radius 1 is 0.732 bits per heavy atom. The molecule has 0 heterocycles. The van der Waals surface area contributed by atoms with Gasteiger partial charge in [-0.1, -0.05) is 78.3 Å². The third kappa shape index (κ3) is 7.87. The Morgan fingerprint density at radius 3 is 2.00 bits per heavy atom. The number of hydrogen-bond donors (Lipinski definition) is 0. The van der Waals surface area contributed by atoms with E-state index in [9.17, 15) is 9.59 Å². The summed E-state index contributed by atoms with van der Waals surface area (Å²) < 4.78 is 22.6. The standard InChI is InChI=1S/C34H27ClO6/c35-31-20-19-30(40-33(36)26-11-15-28(16-12-26)38-22-24-7-3-1-4-8-24)21-32(31)41-34(37)27-13-17-29(18-14-27)39-23-25-9-5-2-6-10-25/h1-11,13-21,26H,12,22-23H2. The third-order valence-electron chi connectivity index (χ3n) is 6.28. The maximum Gasteiger partial charge on any atom is 0.343 e. The highest BCUT2D eigenvalue weighted by molar-refractivity contribution is 6.32. The Kier molecular flexibility index (Phi) is 9.14. The van der Waals surface area contributed by atoms with Crippen LogP contribution in [0.5, 0.6) is 17.2 Å². The summed E-state index contributed by atoms with van der Waals surface area (Å²) in [6, 6.07) is 30.7. The Bertz CT molecular complexity index is 1550. The van der Waals surface area contributed by atoms with E-state index in [0.717, 1.165) is 11.1 Å². The molecular formula is C34H27ClO6. The lowest BCUT2D eigenvalue weighted by Gasteiger charge is -2.16. The number of hydrogen-bond acceptors (Lipinski definition) is 6. The highest BCUT2D eigenvalue weighted by Crippen LogP contribution is 2.31. The van der Waals surface area contributed by atoms with Crippen molar-refractivity contribution < 1.29 is 28.5 Å². The molecule has 0 aromatic heterocycles. The van der Waals surface area contributed by atoms with Crippen LogP contribution in [-0.4, -0.2) is 11.9 Å². The molecule has 1 aliphatic rings. The molecule has 0 saturated heterocycles. The average Bonchev–Trinajstić information content (AvgIpc) is 3.02. The van der Waals surface area contributed by atoms with Gasteiger partial charge in [0.2, 0.25) is 0 Å². The SMILES string of the molecule is O=C(Oc1cc(OC(=O)C2C=CC(OCc3ccccc3)=CC2)ccc1Cl)c1ccc(OCc2ccccc2)cc1. The van der Waals surface area contributed by atoms with Crippen molar-refractivity contribution >= 4 is 23.5 Å². The molecule has 0 bridgehead atoms. The lowest BCUT2D eigenvalue weighted by atomic mass is 10.0. The molecule has 6 nitrogen and oxygen atoms in total. The largest absolute Gasteiger partial charge is 0.489 e. The van der Waals surface area contributed by atoms with E-state index in [4.69, 9.17) is 30.5 Å². The van der Waals surface area contributed by atoms with Crippen molar-refractivity contribution in [2.75, 3.05) is 0 Å². The molecule has 0 aliphatic heterocycles. The average molecular weight is 567 g/mol. The Balaban J connectivity index is 1.13. The molecule has 0 fully saturated rings. The first kappa shape index (κ1) is 27.7. The van der Waals surface area contributed by atoms with Crippen molar-refractivity contribution in [1.82, 2.24) is 0 Å². The number of halogens is 1. The predicted molar refractivity (Wildman–Crippen MR) is 156 cm³/mol. The summed E-state index contributed by atoms with van der Waals surface area (Å²) in [7, 11) is 0. The van der Waals surface area contributed by atoms with E-state index in [1.165, 1.54) is 12.1 Å². The van der Waals surface area contributed by atoms with E-state index in [1.54, 1.807) is 42.5 Å². The van der Waals surface area contributed by atoms with E-state index < -0.39 is 17.9 Å². The summed E-state index contributed by atoms with van der Waals surface area (Å²) in [4.78, 5) is 25.5. The predicted octanol–water partition coefficient (Wildman–Crippen LogP) is 7.72. The van der Waals surface area contributed by atoms with Gasteiger partial charge in [0.25, 0.3) is 0 Å². The molecule has 0 amide bonds. The van der Waals surface area contributed by atoms with Crippen LogP contribution in [0.25, 0.3) is 0 Å². The highest BCUT2D eigenvalue weighted by atomic mass is 35.5. The van der Waals surface area contributed by atoms with Gasteiger partial charge in [0.1, 0.15) is 30.5 Å². The molecule has 41 heavy (non-hydrogen) atoms. The zero-order valence-electron chi connectivity index (χ0n) is 22.1. The van der Waals surface area contributed by atoms with Crippen LogP contribution in [0.15, 0.2) is 127 Å². The maximum atomic E-state index is 12.8. The van der Waals surface area contributed by atoms with Crippen molar-refractivity contribution in [1.29, 1.82) is 0 Å². The second-order valence-corrected chi connectivity index (χ2v) is 9.69. The van der Waals surface area contributed by atoms with Gasteiger partial charge < -0.3 is 18.9 Å². The second kappa shape index (κ2) is 13.5. The third-order valence-corrected chi connectivity index (χ3v) is 6.59. The van der Waals surface area contributed by atoms with Crippen LogP contribution in [0.1, 0.15) is 27.9 Å². The van der Waals surface area contributed by atoms with E-state index in [1.807, 2.05) is 66.7 Å². The molecule has 4 aromatic carbocycles. The number of carbonyl (C=O) groups is 2. The number of benzene rings is 4. The molecule has 1 aliphatic carbocycles. The van der Waals surface area contributed by atoms with Crippen LogP contribution >= 0.6 is 11.6 Å². The van der Waals surface area contributed by atoms with Crippen LogP contribution in [0, 0.1) is 5.92 Å². The molecule has 0 spiro atoms. The van der Waals surface area contributed by atoms with Gasteiger partial charge in [-0.25, -0.2) is 4.79 Å². The van der Waals surface area contributed by atoms with Crippen molar-refractivity contribution in [3.63, 3.8) is 0 Å². The fraction of sp³-hybridized carbons (Fsp3) is 0.118. The van der Waals surface area contributed by atoms with Crippen molar-refractivity contribution in [3.05, 3.63) is 149 Å². The number of esters is 2. The molecule has 1 atom stereocenters. The van der Waals surface area contributed by atoms with Gasteiger partial charge in [-0.05, 0) is 66.1 Å². The number of allylic oxidation sites excluding steroid dienone is 2. The number of ether oxygens (including phenoxy) is 4. The fourth-order valence-electron chi connectivity index (χ4n) is 4.03. The molecule has 0 saturated carbocycles. The topological polar surface area (TPSA) is 71.1 Å². The summed E-state index contributed by atoms with van der Waals surface area (Å²) >= 11 is 6.26. The van der Waals surface area contributed by atoms with Gasteiger partial charge in [-0.3, -0.25) is 4.79 Å². The summed E-state index contributed by atoms with van der Waals surface area (Å²) in [5, 5.41) is 0.210. The first-order chi connectivity index (χ1) is 20.0. The smallest absolute Gasteiger partial charge is 0.343 e. The normalized spacial score (nSPS) is 14.1. The zero-order valence-corrected chi connectivity index (χ0v) is 22.8. The minimum Gasteiger partial charge on any atom is -0.489 e. The fourth-order valence-corrected chi connectivity index (χ4v) is 4.18. The molecule has 1 unspecified atom stereocenters. The van der Waals surface area contributed by atoms with E-state index in [2.05, 4.69) is 0 Å². The van der Waals surface area contributed by atoms with Crippen molar-refractivity contribution in [2.45, 2.75) is 19.6 Å². The van der Waals surface area contributed by atoms with E-state index >= 15 is 0 Å². The molecule has 0 radical (unpaired) electrons. The van der Waals surface area contributed by atoms with Gasteiger partial charge in [-0.15, -0.1) is 0 Å². The quantitative estimate of drug-likeness (QED) is 0.144. The first-order valence-electron chi connectivity index (χ1n) is 13.1. The first-order valence-corrected chi connectivity index (χ1v) is 13.5. The second-order valence-electron chi connectivity index (χ2n) is 9.28. The Labute approximate surface area is 243 Å². The minimum absolute atomic E-state index is 0.0852. The van der Waals surface area contributed by atoms with Crippen molar-refractivity contribution in [2.24, 2.45) is 5.92 Å². The monoisotopic (exact) mass is 566 g/mol. The van der Waals surface area contributed by atoms with Crippen molar-refractivity contribution in [3.8, 4) is 17.2 Å². The molecule has 5 rings (SSSR count). The summed E-state index contributed by atoms with van der Waals surface area (Å²) in [5.41, 5.74) is 2.42.